The van der Waals surface area contributed by atoms with E-state index in [1.165, 1.54) is 4.90 Å². The van der Waals surface area contributed by atoms with Crippen LogP contribution in [0, 0.1) is 11.6 Å². The Hall–Kier alpha value is -1.70. The summed E-state index contributed by atoms with van der Waals surface area (Å²) in [5, 5.41) is 2.34. The number of amides is 2. The van der Waals surface area contributed by atoms with Crippen LogP contribution in [0.5, 0.6) is 0 Å². The number of urea groups is 1. The van der Waals surface area contributed by atoms with E-state index in [4.69, 9.17) is 0 Å². The highest BCUT2D eigenvalue weighted by Gasteiger charge is 2.34. The molecule has 1 aromatic carbocycles. The van der Waals surface area contributed by atoms with Crippen molar-refractivity contribution in [1.29, 1.82) is 0 Å². The van der Waals surface area contributed by atoms with E-state index < -0.39 is 33.5 Å². The first-order chi connectivity index (χ1) is 9.82. The molecule has 21 heavy (non-hydrogen) atoms. The fourth-order valence-corrected chi connectivity index (χ4v) is 4.10. The summed E-state index contributed by atoms with van der Waals surface area (Å²) in [5.41, 5.74) is -0.138. The van der Waals surface area contributed by atoms with Gasteiger partial charge in [0.2, 0.25) is 0 Å². The molecule has 0 aromatic heterocycles. The number of sulfone groups is 1. The maximum absolute atomic E-state index is 13.5. The van der Waals surface area contributed by atoms with E-state index in [0.717, 1.165) is 12.1 Å². The summed E-state index contributed by atoms with van der Waals surface area (Å²) in [4.78, 5) is 13.5. The van der Waals surface area contributed by atoms with Gasteiger partial charge in [-0.1, -0.05) is 0 Å². The minimum Gasteiger partial charge on any atom is -0.321 e. The molecule has 1 saturated heterocycles. The predicted molar refractivity (Wildman–Crippen MR) is 74.8 cm³/mol. The molecule has 1 unspecified atom stereocenters. The molecule has 1 aliphatic rings. The van der Waals surface area contributed by atoms with Crippen molar-refractivity contribution in [1.82, 2.24) is 4.90 Å². The van der Waals surface area contributed by atoms with Gasteiger partial charge < -0.3 is 10.2 Å². The number of nitrogens with one attached hydrogen (secondary N) is 1. The molecular weight excluding hydrogens is 302 g/mol. The minimum atomic E-state index is -3.12. The lowest BCUT2D eigenvalue weighted by atomic mass is 10.2. The van der Waals surface area contributed by atoms with Crippen molar-refractivity contribution in [3.63, 3.8) is 0 Å². The lowest BCUT2D eigenvalue weighted by Crippen LogP contribution is -2.43. The quantitative estimate of drug-likeness (QED) is 0.927. The lowest BCUT2D eigenvalue weighted by molar-refractivity contribution is 0.197. The third-order valence-electron chi connectivity index (χ3n) is 3.42. The molecular formula is C13H16F2N2O3S. The van der Waals surface area contributed by atoms with Gasteiger partial charge in [-0.3, -0.25) is 0 Å². The average molecular weight is 318 g/mol. The summed E-state index contributed by atoms with van der Waals surface area (Å²) in [6, 6.07) is 1.83. The van der Waals surface area contributed by atoms with Crippen molar-refractivity contribution in [2.75, 3.05) is 23.4 Å². The summed E-state index contributed by atoms with van der Waals surface area (Å²) in [7, 11) is -3.12. The average Bonchev–Trinajstić information content (AvgIpc) is 2.74. The maximum Gasteiger partial charge on any atom is 0.322 e. The summed E-state index contributed by atoms with van der Waals surface area (Å²) < 4.78 is 49.3. The van der Waals surface area contributed by atoms with Gasteiger partial charge >= 0.3 is 6.03 Å². The standard InChI is InChI=1S/C13H16F2N2O3S/c1-2-17(10-5-6-21(19,20)8-10)13(18)16-12-4-3-9(14)7-11(12)15/h3-4,7,10H,2,5-6,8H2,1H3,(H,16,18). The van der Waals surface area contributed by atoms with Gasteiger partial charge in [0.05, 0.1) is 17.2 Å². The summed E-state index contributed by atoms with van der Waals surface area (Å²) in [5.74, 6) is -1.65. The molecule has 5 nitrogen and oxygen atoms in total. The molecule has 2 rings (SSSR count). The van der Waals surface area contributed by atoms with Crippen LogP contribution in [0.25, 0.3) is 0 Å². The molecule has 0 spiro atoms. The number of rotatable bonds is 3. The van der Waals surface area contributed by atoms with Gasteiger partial charge in [0.25, 0.3) is 0 Å². The third-order valence-corrected chi connectivity index (χ3v) is 5.17. The van der Waals surface area contributed by atoms with Crippen LogP contribution in [-0.4, -0.2) is 43.4 Å². The van der Waals surface area contributed by atoms with E-state index in [1.54, 1.807) is 6.92 Å². The Kier molecular flexibility index (Phi) is 4.46. The summed E-state index contributed by atoms with van der Waals surface area (Å²) >= 11 is 0. The number of carbonyl (C=O) groups is 1. The van der Waals surface area contributed by atoms with Crippen LogP contribution in [-0.2, 0) is 9.84 Å². The van der Waals surface area contributed by atoms with E-state index >= 15 is 0 Å². The Bertz CT molecular complexity index is 649. The van der Waals surface area contributed by atoms with Crippen molar-refractivity contribution < 1.29 is 22.0 Å². The van der Waals surface area contributed by atoms with E-state index in [1.807, 2.05) is 0 Å². The number of anilines is 1. The van der Waals surface area contributed by atoms with E-state index in [2.05, 4.69) is 5.32 Å². The zero-order chi connectivity index (χ0) is 15.6. The van der Waals surface area contributed by atoms with Crippen molar-refractivity contribution in [2.45, 2.75) is 19.4 Å². The van der Waals surface area contributed by atoms with Gasteiger partial charge in [0.1, 0.15) is 11.6 Å². The number of benzene rings is 1. The van der Waals surface area contributed by atoms with Crippen LogP contribution in [0.15, 0.2) is 18.2 Å². The Morgan fingerprint density at radius 3 is 2.67 bits per heavy atom. The number of carbonyl (C=O) groups excluding carboxylic acids is 1. The van der Waals surface area contributed by atoms with E-state index in [0.29, 0.717) is 19.0 Å². The summed E-state index contributed by atoms with van der Waals surface area (Å²) in [6.45, 7) is 2.01. The molecule has 0 aliphatic carbocycles. The number of hydrogen-bond donors (Lipinski definition) is 1. The second-order valence-electron chi connectivity index (χ2n) is 4.90. The lowest BCUT2D eigenvalue weighted by Gasteiger charge is -2.27. The first kappa shape index (κ1) is 15.7. The number of hydrogen-bond acceptors (Lipinski definition) is 3. The molecule has 1 aliphatic heterocycles. The van der Waals surface area contributed by atoms with Gasteiger partial charge in [-0.2, -0.15) is 0 Å². The Labute approximate surface area is 121 Å². The third kappa shape index (κ3) is 3.69. The molecule has 0 bridgehead atoms. The molecule has 116 valence electrons. The second-order valence-corrected chi connectivity index (χ2v) is 7.13. The van der Waals surface area contributed by atoms with Crippen LogP contribution in [0.4, 0.5) is 19.3 Å². The predicted octanol–water partition coefficient (Wildman–Crippen LogP) is 2.01. The first-order valence-corrected chi connectivity index (χ1v) is 8.37. The zero-order valence-electron chi connectivity index (χ0n) is 11.5. The largest absolute Gasteiger partial charge is 0.322 e. The Morgan fingerprint density at radius 2 is 2.14 bits per heavy atom. The fraction of sp³-hybridized carbons (Fsp3) is 0.462. The molecule has 1 heterocycles. The number of halogens is 2. The van der Waals surface area contributed by atoms with Crippen molar-refractivity contribution in [2.24, 2.45) is 0 Å². The molecule has 8 heteroatoms. The normalized spacial score (nSPS) is 20.2. The van der Waals surface area contributed by atoms with Crippen molar-refractivity contribution in [3.8, 4) is 0 Å². The monoisotopic (exact) mass is 318 g/mol. The molecule has 1 fully saturated rings. The highest BCUT2D eigenvalue weighted by Crippen LogP contribution is 2.20. The molecule has 2 amide bonds. The van der Waals surface area contributed by atoms with Crippen molar-refractivity contribution in [3.05, 3.63) is 29.8 Å². The molecule has 1 aromatic rings. The summed E-state index contributed by atoms with van der Waals surface area (Å²) in [6.07, 6.45) is 0.371. The van der Waals surface area contributed by atoms with Gasteiger partial charge in [0.15, 0.2) is 9.84 Å². The maximum atomic E-state index is 13.5. The van der Waals surface area contributed by atoms with Crippen molar-refractivity contribution >= 4 is 21.6 Å². The van der Waals surface area contributed by atoms with Crippen LogP contribution < -0.4 is 5.32 Å². The second kappa shape index (κ2) is 5.97. The first-order valence-electron chi connectivity index (χ1n) is 6.55. The Balaban J connectivity index is 2.10. The Morgan fingerprint density at radius 1 is 1.43 bits per heavy atom. The van der Waals surface area contributed by atoms with Crippen LogP contribution in [0.2, 0.25) is 0 Å². The topological polar surface area (TPSA) is 66.5 Å². The smallest absolute Gasteiger partial charge is 0.321 e. The van der Waals surface area contributed by atoms with Crippen LogP contribution in [0.3, 0.4) is 0 Å². The minimum absolute atomic E-state index is 0.0480. The zero-order valence-corrected chi connectivity index (χ0v) is 12.3. The molecule has 1 atom stereocenters. The SMILES string of the molecule is CCN(C(=O)Nc1ccc(F)cc1F)C1CCS(=O)(=O)C1. The highest BCUT2D eigenvalue weighted by molar-refractivity contribution is 7.91. The van der Waals surface area contributed by atoms with E-state index in [-0.39, 0.29) is 17.2 Å². The van der Waals surface area contributed by atoms with Gasteiger partial charge in [-0.05, 0) is 25.5 Å². The molecule has 0 radical (unpaired) electrons. The number of nitrogens with zero attached hydrogens (tertiary/aromatic N) is 1. The molecule has 0 saturated carbocycles. The fourth-order valence-electron chi connectivity index (χ4n) is 2.37. The highest BCUT2D eigenvalue weighted by atomic mass is 32.2. The van der Waals surface area contributed by atoms with Gasteiger partial charge in [0, 0.05) is 18.7 Å². The van der Waals surface area contributed by atoms with Gasteiger partial charge in [-0.25, -0.2) is 22.0 Å². The molecule has 1 N–H and O–H groups in total. The van der Waals surface area contributed by atoms with Crippen LogP contribution in [0.1, 0.15) is 13.3 Å². The van der Waals surface area contributed by atoms with E-state index in [9.17, 15) is 22.0 Å². The van der Waals surface area contributed by atoms with Crippen LogP contribution >= 0.6 is 0 Å². The van der Waals surface area contributed by atoms with Gasteiger partial charge in [-0.15, -0.1) is 0 Å².